The fourth-order valence-corrected chi connectivity index (χ4v) is 3.10. The molecule has 4 nitrogen and oxygen atoms in total. The lowest BCUT2D eigenvalue weighted by Gasteiger charge is -2.33. The van der Waals surface area contributed by atoms with E-state index in [1.54, 1.807) is 36.4 Å². The van der Waals surface area contributed by atoms with Gasteiger partial charge in [-0.15, -0.1) is 0 Å². The molecule has 3 aromatic rings. The average Bonchev–Trinajstić information content (AvgIpc) is 2.90. The largest absolute Gasteiger partial charge is 0.344 e. The first-order valence-corrected chi connectivity index (χ1v) is 8.09. The van der Waals surface area contributed by atoms with E-state index in [2.05, 4.69) is 0 Å². The fraction of sp³-hybridized carbons (Fsp3) is 0.0952. The van der Waals surface area contributed by atoms with E-state index in [-0.39, 0.29) is 12.5 Å². The second-order valence-corrected chi connectivity index (χ2v) is 5.90. The quantitative estimate of drug-likeness (QED) is 0.742. The molecule has 1 heterocycles. The molecule has 4 heteroatoms. The van der Waals surface area contributed by atoms with Gasteiger partial charge in [-0.3, -0.25) is 9.69 Å². The molecule has 124 valence electrons. The summed E-state index contributed by atoms with van der Waals surface area (Å²) in [5.74, 6) is -2.12. The van der Waals surface area contributed by atoms with Gasteiger partial charge >= 0.3 is 0 Å². The van der Waals surface area contributed by atoms with Crippen LogP contribution in [0.25, 0.3) is 0 Å². The van der Waals surface area contributed by atoms with E-state index in [9.17, 15) is 9.90 Å². The summed E-state index contributed by atoms with van der Waals surface area (Å²) < 4.78 is 5.90. The van der Waals surface area contributed by atoms with Crippen molar-refractivity contribution in [1.29, 1.82) is 0 Å². The van der Waals surface area contributed by atoms with Crippen molar-refractivity contribution in [2.75, 3.05) is 4.90 Å². The molecule has 0 aromatic heterocycles. The molecular formula is C21H17NO3. The maximum atomic E-state index is 12.9. The lowest BCUT2D eigenvalue weighted by molar-refractivity contribution is -0.210. The van der Waals surface area contributed by atoms with Crippen molar-refractivity contribution in [1.82, 2.24) is 0 Å². The third kappa shape index (κ3) is 2.61. The van der Waals surface area contributed by atoms with Crippen molar-refractivity contribution in [3.8, 4) is 0 Å². The number of nitrogens with zero attached hydrogens (tertiary/aromatic N) is 1. The summed E-state index contributed by atoms with van der Waals surface area (Å²) in [5, 5.41) is 11.4. The summed E-state index contributed by atoms with van der Waals surface area (Å²) in [6.07, 6.45) is 0. The second-order valence-electron chi connectivity index (χ2n) is 5.90. The molecule has 0 fully saturated rings. The number of aliphatic hydroxyl groups is 1. The Labute approximate surface area is 145 Å². The van der Waals surface area contributed by atoms with E-state index >= 15 is 0 Å². The molecule has 0 spiro atoms. The van der Waals surface area contributed by atoms with E-state index in [4.69, 9.17) is 4.74 Å². The van der Waals surface area contributed by atoms with Gasteiger partial charge in [0.1, 0.15) is 0 Å². The molecule has 1 aliphatic heterocycles. The van der Waals surface area contributed by atoms with Gasteiger partial charge in [0.05, 0.1) is 12.2 Å². The first kappa shape index (κ1) is 15.6. The zero-order valence-corrected chi connectivity index (χ0v) is 13.5. The number of benzene rings is 3. The van der Waals surface area contributed by atoms with Crippen LogP contribution in [0.5, 0.6) is 0 Å². The van der Waals surface area contributed by atoms with Crippen molar-refractivity contribution in [2.24, 2.45) is 0 Å². The van der Waals surface area contributed by atoms with Crippen LogP contribution >= 0.6 is 0 Å². The lowest BCUT2D eigenvalue weighted by atomic mass is 10.1. The monoisotopic (exact) mass is 331 g/mol. The topological polar surface area (TPSA) is 49.8 Å². The van der Waals surface area contributed by atoms with E-state index < -0.39 is 5.91 Å². The number of carbonyl (C=O) groups excluding carboxylic acids is 1. The third-order valence-corrected chi connectivity index (χ3v) is 4.31. The predicted molar refractivity (Wildman–Crippen MR) is 94.8 cm³/mol. The summed E-state index contributed by atoms with van der Waals surface area (Å²) in [7, 11) is 0. The minimum atomic E-state index is -1.84. The van der Waals surface area contributed by atoms with Gasteiger partial charge in [0.15, 0.2) is 0 Å². The van der Waals surface area contributed by atoms with Crippen molar-refractivity contribution in [2.45, 2.75) is 12.5 Å². The molecule has 0 saturated carbocycles. The molecule has 0 bridgehead atoms. The first-order valence-electron chi connectivity index (χ1n) is 8.09. The number of ether oxygens (including phenoxy) is 1. The average molecular weight is 331 g/mol. The lowest BCUT2D eigenvalue weighted by Crippen LogP contribution is -2.46. The van der Waals surface area contributed by atoms with E-state index in [1.165, 1.54) is 4.90 Å². The molecule has 0 saturated heterocycles. The van der Waals surface area contributed by atoms with Crippen LogP contribution in [0, 0.1) is 0 Å². The maximum Gasteiger partial charge on any atom is 0.285 e. The SMILES string of the molecule is O=C1c2ccccc2C(O)(OCc2ccccc2)N1c1ccccc1. The molecule has 1 amide bonds. The highest BCUT2D eigenvalue weighted by molar-refractivity contribution is 6.11. The van der Waals surface area contributed by atoms with E-state index in [1.807, 2.05) is 48.5 Å². The smallest absolute Gasteiger partial charge is 0.285 e. The van der Waals surface area contributed by atoms with E-state index in [0.717, 1.165) is 5.56 Å². The number of rotatable bonds is 4. The van der Waals surface area contributed by atoms with Crippen LogP contribution in [0.2, 0.25) is 0 Å². The highest BCUT2D eigenvalue weighted by Crippen LogP contribution is 2.41. The number of hydrogen-bond acceptors (Lipinski definition) is 3. The number of fused-ring (bicyclic) bond motifs is 1. The van der Waals surface area contributed by atoms with Crippen molar-refractivity contribution in [3.63, 3.8) is 0 Å². The van der Waals surface area contributed by atoms with Crippen LogP contribution in [-0.2, 0) is 17.3 Å². The normalized spacial score (nSPS) is 19.1. The predicted octanol–water partition coefficient (Wildman–Crippen LogP) is 3.67. The molecule has 1 N–H and O–H groups in total. The Hall–Kier alpha value is -2.95. The Kier molecular flexibility index (Phi) is 3.84. The summed E-state index contributed by atoms with van der Waals surface area (Å²) in [6, 6.07) is 25.6. The first-order chi connectivity index (χ1) is 12.2. The van der Waals surface area contributed by atoms with Gasteiger partial charge in [-0.25, -0.2) is 0 Å². The maximum absolute atomic E-state index is 12.9. The molecule has 0 radical (unpaired) electrons. The molecule has 3 aromatic carbocycles. The number of carbonyl (C=O) groups is 1. The van der Waals surface area contributed by atoms with Crippen molar-refractivity contribution in [3.05, 3.63) is 102 Å². The Bertz CT molecular complexity index is 895. The highest BCUT2D eigenvalue weighted by atomic mass is 16.6. The molecular weight excluding hydrogens is 314 g/mol. The summed E-state index contributed by atoms with van der Waals surface area (Å²) in [4.78, 5) is 14.2. The fourth-order valence-electron chi connectivity index (χ4n) is 3.10. The standard InChI is InChI=1S/C21H17NO3/c23-20-18-13-7-8-14-19(18)21(24,22(20)17-11-5-2-6-12-17)25-15-16-9-3-1-4-10-16/h1-14,24H,15H2. The van der Waals surface area contributed by atoms with Gasteiger partial charge in [-0.2, -0.15) is 0 Å². The van der Waals surface area contributed by atoms with Gasteiger partial charge in [0, 0.05) is 11.3 Å². The molecule has 1 aliphatic rings. The Morgan fingerprint density at radius 2 is 1.44 bits per heavy atom. The van der Waals surface area contributed by atoms with Gasteiger partial charge < -0.3 is 9.84 Å². The van der Waals surface area contributed by atoms with Crippen LogP contribution in [-0.4, -0.2) is 11.0 Å². The van der Waals surface area contributed by atoms with Crippen LogP contribution in [0.3, 0.4) is 0 Å². The molecule has 4 rings (SSSR count). The van der Waals surface area contributed by atoms with Gasteiger partial charge in [-0.05, 0) is 23.8 Å². The van der Waals surface area contributed by atoms with E-state index in [0.29, 0.717) is 16.8 Å². The van der Waals surface area contributed by atoms with Crippen LogP contribution in [0.1, 0.15) is 21.5 Å². The molecule has 1 atom stereocenters. The number of anilines is 1. The molecule has 0 aliphatic carbocycles. The Morgan fingerprint density at radius 3 is 2.16 bits per heavy atom. The van der Waals surface area contributed by atoms with Crippen LogP contribution in [0.15, 0.2) is 84.9 Å². The molecule has 25 heavy (non-hydrogen) atoms. The van der Waals surface area contributed by atoms with Crippen molar-refractivity contribution >= 4 is 11.6 Å². The Balaban J connectivity index is 1.76. The number of hydrogen-bond donors (Lipinski definition) is 1. The van der Waals surface area contributed by atoms with Crippen LogP contribution < -0.4 is 4.90 Å². The van der Waals surface area contributed by atoms with Crippen molar-refractivity contribution < 1.29 is 14.6 Å². The summed E-state index contributed by atoms with van der Waals surface area (Å²) in [6.45, 7) is 0.183. The van der Waals surface area contributed by atoms with Gasteiger partial charge in [0.25, 0.3) is 11.8 Å². The molecule has 1 unspecified atom stereocenters. The van der Waals surface area contributed by atoms with Crippen LogP contribution in [0.4, 0.5) is 5.69 Å². The zero-order valence-electron chi connectivity index (χ0n) is 13.5. The summed E-state index contributed by atoms with van der Waals surface area (Å²) in [5.41, 5.74) is 2.40. The highest BCUT2D eigenvalue weighted by Gasteiger charge is 2.50. The van der Waals surface area contributed by atoms with Gasteiger partial charge in [0.2, 0.25) is 0 Å². The summed E-state index contributed by atoms with van der Waals surface area (Å²) >= 11 is 0. The number of amides is 1. The second kappa shape index (κ2) is 6.16. The number of para-hydroxylation sites is 1. The van der Waals surface area contributed by atoms with Gasteiger partial charge in [-0.1, -0.05) is 66.7 Å². The zero-order chi connectivity index (χ0) is 17.3. The minimum Gasteiger partial charge on any atom is -0.344 e. The third-order valence-electron chi connectivity index (χ3n) is 4.31. The Morgan fingerprint density at radius 1 is 0.840 bits per heavy atom. The minimum absolute atomic E-state index is 0.183.